The smallest absolute Gasteiger partial charge is 0.312 e. The standard InChI is InChI=1S/C48H67N3O13/c1-11-12-22-51(50-20-14-13-15-21-50)36(53)25-61-35-24-33-43(57)38-37(35)39-45(31(7)42(38)56)64-48(9,46(39)58)62-23-19-34(60-10)28(4)44(63-32(8)52)30(6)41(55)29(5)40(54)26(2)17-16-18-27(3)47(59)49-33/h16-19,23-24,26,28-30,34,40-41,44,54-57H,11-15,20-22,25H2,1-10H3,(H,49,59)/b17-16+,23-19+,27-18-/t26-,28-,29-,30-,34+,40-,41+,44-,48+/m1/s1. The van der Waals surface area contributed by atoms with Crippen LogP contribution in [0.5, 0.6) is 23.0 Å². The van der Waals surface area contributed by atoms with Crippen molar-refractivity contribution in [2.24, 2.45) is 23.7 Å². The fourth-order valence-electron chi connectivity index (χ4n) is 8.81. The number of unbranched alkanes of at least 4 members (excludes halogenated alkanes) is 1. The van der Waals surface area contributed by atoms with Gasteiger partial charge in [0.15, 0.2) is 12.4 Å². The summed E-state index contributed by atoms with van der Waals surface area (Å²) in [7, 11) is 1.45. The number of ether oxygens (including phenoxy) is 5. The van der Waals surface area contributed by atoms with E-state index in [9.17, 15) is 39.6 Å². The van der Waals surface area contributed by atoms with Crippen LogP contribution in [-0.2, 0) is 28.6 Å². The molecule has 6 rings (SSSR count). The number of esters is 1. The third-order valence-electron chi connectivity index (χ3n) is 12.9. The van der Waals surface area contributed by atoms with Crippen molar-refractivity contribution in [3.05, 3.63) is 53.3 Å². The van der Waals surface area contributed by atoms with Crippen molar-refractivity contribution in [2.75, 3.05) is 38.7 Å². The Hall–Kier alpha value is -5.16. The summed E-state index contributed by atoms with van der Waals surface area (Å²) in [5.74, 6) is -7.94. The van der Waals surface area contributed by atoms with Gasteiger partial charge in [-0.2, -0.15) is 0 Å². The number of aliphatic hydroxyl groups is 2. The largest absolute Gasteiger partial charge is 0.507 e. The maximum Gasteiger partial charge on any atom is 0.312 e. The Labute approximate surface area is 375 Å². The van der Waals surface area contributed by atoms with E-state index < -0.39 is 89.6 Å². The topological polar surface area (TPSA) is 214 Å². The molecule has 16 heteroatoms. The number of piperidine rings is 1. The van der Waals surface area contributed by atoms with E-state index >= 15 is 0 Å². The van der Waals surface area contributed by atoms with E-state index in [-0.39, 0.29) is 50.6 Å². The molecule has 16 nitrogen and oxygen atoms in total. The van der Waals surface area contributed by atoms with Crippen molar-refractivity contribution in [1.29, 1.82) is 0 Å². The number of nitrogens with one attached hydrogen (secondary N) is 1. The fraction of sp³-hybridized carbons (Fsp3) is 0.583. The summed E-state index contributed by atoms with van der Waals surface area (Å²) in [6.45, 7) is 16.1. The van der Waals surface area contributed by atoms with Crippen LogP contribution in [-0.4, -0.2) is 118 Å². The van der Waals surface area contributed by atoms with Gasteiger partial charge in [-0.3, -0.25) is 24.2 Å². The Morgan fingerprint density at radius 1 is 0.969 bits per heavy atom. The molecule has 4 aliphatic rings. The first kappa shape index (κ1) is 49.8. The number of aromatic hydroxyl groups is 2. The molecule has 0 aromatic heterocycles. The van der Waals surface area contributed by atoms with Crippen LogP contribution in [0, 0.1) is 30.6 Å². The summed E-state index contributed by atoms with van der Waals surface area (Å²) in [5.41, 5.74) is 0.0250. The zero-order valence-electron chi connectivity index (χ0n) is 38.8. The molecule has 2 aromatic rings. The van der Waals surface area contributed by atoms with E-state index in [4.69, 9.17) is 23.7 Å². The van der Waals surface area contributed by atoms with E-state index in [2.05, 4.69) is 5.32 Å². The zero-order chi connectivity index (χ0) is 47.2. The number of phenolic OH excluding ortho intramolecular Hbond substituents is 2. The van der Waals surface area contributed by atoms with Gasteiger partial charge in [-0.15, -0.1) is 0 Å². The molecule has 2 amide bonds. The van der Waals surface area contributed by atoms with Gasteiger partial charge in [0, 0.05) is 86.9 Å². The molecule has 0 radical (unpaired) electrons. The van der Waals surface area contributed by atoms with Crippen LogP contribution in [0.1, 0.15) is 103 Å². The van der Waals surface area contributed by atoms with Gasteiger partial charge in [-0.25, -0.2) is 5.01 Å². The molecular formula is C48H67N3O13. The minimum Gasteiger partial charge on any atom is -0.507 e. The number of Topliss-reactive ketones (excluding diaryl/α,β-unsaturated/α-hetero) is 1. The minimum atomic E-state index is -2.03. The van der Waals surface area contributed by atoms with E-state index in [1.165, 1.54) is 52.4 Å². The number of allylic oxidation sites excluding steroid dienone is 2. The molecule has 4 heterocycles. The Morgan fingerprint density at radius 2 is 1.66 bits per heavy atom. The molecule has 5 bridgehead atoms. The van der Waals surface area contributed by atoms with Crippen LogP contribution < -0.4 is 14.8 Å². The molecule has 0 spiro atoms. The summed E-state index contributed by atoms with van der Waals surface area (Å²) in [4.78, 5) is 54.8. The van der Waals surface area contributed by atoms with Gasteiger partial charge in [0.1, 0.15) is 23.4 Å². The lowest BCUT2D eigenvalue weighted by molar-refractivity contribution is -0.160. The molecule has 0 unspecified atom stereocenters. The molecule has 2 aromatic carbocycles. The van der Waals surface area contributed by atoms with Gasteiger partial charge in [0.05, 0.1) is 41.2 Å². The number of ketones is 1. The Balaban J connectivity index is 1.66. The Kier molecular flexibility index (Phi) is 16.5. The molecule has 0 saturated carbocycles. The Bertz CT molecular complexity index is 2150. The number of phenols is 2. The lowest BCUT2D eigenvalue weighted by Crippen LogP contribution is -2.50. The highest BCUT2D eigenvalue weighted by Gasteiger charge is 2.50. The molecule has 0 aliphatic carbocycles. The second-order valence-corrected chi connectivity index (χ2v) is 17.6. The maximum atomic E-state index is 14.7. The second kappa shape index (κ2) is 21.2. The molecular weight excluding hydrogens is 827 g/mol. The molecule has 5 N–H and O–H groups in total. The third-order valence-corrected chi connectivity index (χ3v) is 12.9. The van der Waals surface area contributed by atoms with Gasteiger partial charge in [-0.1, -0.05) is 65.7 Å². The van der Waals surface area contributed by atoms with E-state index in [1.54, 1.807) is 51.8 Å². The molecule has 1 fully saturated rings. The summed E-state index contributed by atoms with van der Waals surface area (Å²) in [5, 5.41) is 52.7. The monoisotopic (exact) mass is 893 g/mol. The number of anilines is 1. The average Bonchev–Trinajstić information content (AvgIpc) is 3.54. The molecule has 4 aliphatic heterocycles. The highest BCUT2D eigenvalue weighted by molar-refractivity contribution is 6.21. The summed E-state index contributed by atoms with van der Waals surface area (Å²) < 4.78 is 30.1. The van der Waals surface area contributed by atoms with Crippen molar-refractivity contribution in [2.45, 2.75) is 125 Å². The van der Waals surface area contributed by atoms with Gasteiger partial charge in [0.25, 0.3) is 17.6 Å². The van der Waals surface area contributed by atoms with Crippen LogP contribution >= 0.6 is 0 Å². The average molecular weight is 894 g/mol. The first-order valence-corrected chi connectivity index (χ1v) is 22.3. The highest BCUT2D eigenvalue weighted by atomic mass is 16.7. The quantitative estimate of drug-likeness (QED) is 0.135. The first-order chi connectivity index (χ1) is 30.3. The van der Waals surface area contributed by atoms with Crippen LogP contribution in [0.15, 0.2) is 42.2 Å². The van der Waals surface area contributed by atoms with Crippen molar-refractivity contribution in [1.82, 2.24) is 10.0 Å². The van der Waals surface area contributed by atoms with E-state index in [0.717, 1.165) is 32.1 Å². The lowest BCUT2D eigenvalue weighted by atomic mass is 9.78. The number of fused-ring (bicyclic) bond motifs is 14. The zero-order valence-corrected chi connectivity index (χ0v) is 38.8. The number of benzene rings is 2. The van der Waals surface area contributed by atoms with Crippen molar-refractivity contribution in [3.63, 3.8) is 0 Å². The van der Waals surface area contributed by atoms with Crippen LogP contribution in [0.3, 0.4) is 0 Å². The number of methoxy groups -OCH3 is 1. The second-order valence-electron chi connectivity index (χ2n) is 17.6. The summed E-state index contributed by atoms with van der Waals surface area (Å²) in [6, 6.07) is 1.30. The van der Waals surface area contributed by atoms with Crippen molar-refractivity contribution < 1.29 is 63.3 Å². The van der Waals surface area contributed by atoms with Crippen LogP contribution in [0.2, 0.25) is 0 Å². The number of amides is 2. The number of hydrogen-bond donors (Lipinski definition) is 5. The number of aliphatic hydroxyl groups excluding tert-OH is 2. The SMILES string of the molecule is CCCCN(C(=O)COc1cc2c(O)c3c(O)c(C)c4c(c13)C(=O)[C@@](C)(O/C=C/[C@H](OC)[C@@H](C)[C@@H](OC(C)=O)[C@H](C)[C@@H](O)[C@H](C)[C@H](O)[C@H](C)/C=C/C=C(/C)C(=O)N2)O4)N1CCCCC1. The fourth-order valence-corrected chi connectivity index (χ4v) is 8.81. The van der Waals surface area contributed by atoms with Crippen LogP contribution in [0.4, 0.5) is 5.69 Å². The first-order valence-electron chi connectivity index (χ1n) is 22.3. The van der Waals surface area contributed by atoms with Gasteiger partial charge >= 0.3 is 11.8 Å². The van der Waals surface area contributed by atoms with Crippen molar-refractivity contribution >= 4 is 40.0 Å². The van der Waals surface area contributed by atoms with Gasteiger partial charge in [-0.05, 0) is 39.2 Å². The molecule has 352 valence electrons. The number of rotatable bonds is 9. The molecule has 9 atom stereocenters. The molecule has 1 saturated heterocycles. The number of carbonyl (C=O) groups excluding carboxylic acids is 4. The number of carbonyl (C=O) groups is 4. The number of nitrogens with zero attached hydrogens (tertiary/aromatic N) is 2. The Morgan fingerprint density at radius 3 is 2.30 bits per heavy atom. The normalized spacial score (nSPS) is 30.2. The van der Waals surface area contributed by atoms with Gasteiger partial charge < -0.3 is 49.4 Å². The maximum absolute atomic E-state index is 14.7. The predicted octanol–water partition coefficient (Wildman–Crippen LogP) is 6.46. The predicted molar refractivity (Wildman–Crippen MR) is 240 cm³/mol. The number of hydrogen-bond acceptors (Lipinski definition) is 14. The van der Waals surface area contributed by atoms with Crippen LogP contribution in [0.25, 0.3) is 10.8 Å². The summed E-state index contributed by atoms with van der Waals surface area (Å²) >= 11 is 0. The highest BCUT2D eigenvalue weighted by Crippen LogP contribution is 2.54. The lowest BCUT2D eigenvalue weighted by Gasteiger charge is -2.38. The van der Waals surface area contributed by atoms with Crippen molar-refractivity contribution in [3.8, 4) is 23.0 Å². The molecule has 64 heavy (non-hydrogen) atoms. The number of hydrazine groups is 1. The van der Waals surface area contributed by atoms with E-state index in [1.807, 2.05) is 11.9 Å². The summed E-state index contributed by atoms with van der Waals surface area (Å²) in [6.07, 6.45) is 8.23. The van der Waals surface area contributed by atoms with Gasteiger partial charge in [0.2, 0.25) is 0 Å². The third kappa shape index (κ3) is 10.5. The van der Waals surface area contributed by atoms with E-state index in [0.29, 0.717) is 19.6 Å². The minimum absolute atomic E-state index is 0.0489.